The predicted molar refractivity (Wildman–Crippen MR) is 103 cm³/mol. The fraction of sp³-hybridized carbons (Fsp3) is 0.190. The van der Waals surface area contributed by atoms with Crippen molar-refractivity contribution in [3.8, 4) is 5.75 Å². The van der Waals surface area contributed by atoms with Crippen LogP contribution in [-0.2, 0) is 13.0 Å². The van der Waals surface area contributed by atoms with Crippen LogP contribution in [0.5, 0.6) is 5.75 Å². The molecule has 0 saturated carbocycles. The Morgan fingerprint density at radius 1 is 1.04 bits per heavy atom. The molecule has 1 amide bonds. The second-order valence-electron chi connectivity index (χ2n) is 6.39. The summed E-state index contributed by atoms with van der Waals surface area (Å²) in [4.78, 5) is 23.2. The second-order valence-corrected chi connectivity index (χ2v) is 6.39. The van der Waals surface area contributed by atoms with E-state index >= 15 is 0 Å². The number of ether oxygens (including phenoxy) is 1. The van der Waals surface area contributed by atoms with E-state index in [1.807, 2.05) is 41.3 Å². The molecule has 0 radical (unpaired) electrons. The number of nitrogens with one attached hydrogen (secondary N) is 1. The van der Waals surface area contributed by atoms with Gasteiger partial charge in [-0.25, -0.2) is 9.97 Å². The third-order valence-electron chi connectivity index (χ3n) is 4.65. The number of fused-ring (bicyclic) bond motifs is 1. The maximum Gasteiger partial charge on any atom is 0.274 e. The molecule has 6 heteroatoms. The zero-order chi connectivity index (χ0) is 18.6. The van der Waals surface area contributed by atoms with Gasteiger partial charge in [-0.3, -0.25) is 4.79 Å². The largest absolute Gasteiger partial charge is 0.497 e. The van der Waals surface area contributed by atoms with E-state index in [2.05, 4.69) is 27.4 Å². The summed E-state index contributed by atoms with van der Waals surface area (Å²) in [6, 6.07) is 15.8. The van der Waals surface area contributed by atoms with Crippen molar-refractivity contribution in [2.24, 2.45) is 0 Å². The monoisotopic (exact) mass is 360 g/mol. The van der Waals surface area contributed by atoms with Gasteiger partial charge in [-0.05, 0) is 41.8 Å². The number of carbonyl (C=O) groups excluding carboxylic acids is 1. The zero-order valence-electron chi connectivity index (χ0n) is 15.1. The average molecular weight is 360 g/mol. The Labute approximate surface area is 157 Å². The summed E-state index contributed by atoms with van der Waals surface area (Å²) in [6.07, 6.45) is 3.97. The first kappa shape index (κ1) is 17.0. The van der Waals surface area contributed by atoms with Gasteiger partial charge in [-0.15, -0.1) is 0 Å². The topological polar surface area (TPSA) is 67.3 Å². The van der Waals surface area contributed by atoms with Crippen LogP contribution >= 0.6 is 0 Å². The van der Waals surface area contributed by atoms with E-state index in [1.54, 1.807) is 13.3 Å². The number of benzene rings is 2. The summed E-state index contributed by atoms with van der Waals surface area (Å²) < 4.78 is 5.14. The maximum atomic E-state index is 12.7. The molecule has 0 unspecified atom stereocenters. The van der Waals surface area contributed by atoms with Crippen LogP contribution in [0.15, 0.2) is 60.9 Å². The third-order valence-corrected chi connectivity index (χ3v) is 4.65. The van der Waals surface area contributed by atoms with Gasteiger partial charge in [0.25, 0.3) is 5.91 Å². The Bertz CT molecular complexity index is 939. The van der Waals surface area contributed by atoms with Crippen molar-refractivity contribution in [2.75, 3.05) is 19.0 Å². The highest BCUT2D eigenvalue weighted by molar-refractivity contribution is 5.92. The molecule has 6 nitrogen and oxygen atoms in total. The van der Waals surface area contributed by atoms with Crippen LogP contribution in [0.1, 0.15) is 21.6 Å². The number of amides is 1. The summed E-state index contributed by atoms with van der Waals surface area (Å²) in [5.74, 6) is 1.28. The minimum Gasteiger partial charge on any atom is -0.497 e. The molecule has 3 aromatic rings. The van der Waals surface area contributed by atoms with Gasteiger partial charge < -0.3 is 15.0 Å². The lowest BCUT2D eigenvalue weighted by molar-refractivity contribution is 0.0728. The van der Waals surface area contributed by atoms with Gasteiger partial charge >= 0.3 is 0 Å². The lowest BCUT2D eigenvalue weighted by Gasteiger charge is -2.28. The molecule has 2 heterocycles. The number of nitrogens with zero attached hydrogens (tertiary/aromatic N) is 3. The van der Waals surface area contributed by atoms with Crippen LogP contribution in [0, 0.1) is 0 Å². The molecule has 1 aliphatic rings. The molecule has 0 bridgehead atoms. The minimum absolute atomic E-state index is 0.0898. The van der Waals surface area contributed by atoms with Crippen LogP contribution in [0.4, 0.5) is 11.5 Å². The number of hydrogen-bond donors (Lipinski definition) is 1. The highest BCUT2D eigenvalue weighted by Gasteiger charge is 2.22. The number of rotatable bonds is 4. The van der Waals surface area contributed by atoms with Crippen molar-refractivity contribution in [1.82, 2.24) is 14.9 Å². The van der Waals surface area contributed by atoms with Gasteiger partial charge in [0.1, 0.15) is 17.3 Å². The molecule has 1 aromatic heterocycles. The highest BCUT2D eigenvalue weighted by atomic mass is 16.5. The van der Waals surface area contributed by atoms with Gasteiger partial charge in [-0.2, -0.15) is 0 Å². The normalized spacial score (nSPS) is 13.0. The maximum absolute atomic E-state index is 12.7. The lowest BCUT2D eigenvalue weighted by Crippen LogP contribution is -2.36. The van der Waals surface area contributed by atoms with Crippen molar-refractivity contribution in [3.05, 3.63) is 77.7 Å². The SMILES string of the molecule is COc1ccc(Nc2cnc(C(=O)N3CCc4ccccc4C3)cn2)cc1. The molecule has 1 aliphatic heterocycles. The van der Waals surface area contributed by atoms with E-state index in [0.29, 0.717) is 24.6 Å². The van der Waals surface area contributed by atoms with Crippen molar-refractivity contribution in [3.63, 3.8) is 0 Å². The molecule has 27 heavy (non-hydrogen) atoms. The van der Waals surface area contributed by atoms with E-state index < -0.39 is 0 Å². The van der Waals surface area contributed by atoms with E-state index in [9.17, 15) is 4.79 Å². The molecule has 4 rings (SSSR count). The molecule has 136 valence electrons. The zero-order valence-corrected chi connectivity index (χ0v) is 15.1. The van der Waals surface area contributed by atoms with Crippen molar-refractivity contribution in [1.29, 1.82) is 0 Å². The van der Waals surface area contributed by atoms with Crippen molar-refractivity contribution >= 4 is 17.4 Å². The molecule has 0 fully saturated rings. The number of anilines is 2. The molecule has 0 spiro atoms. The van der Waals surface area contributed by atoms with Gasteiger partial charge in [0.05, 0.1) is 19.5 Å². The Kier molecular flexibility index (Phi) is 4.70. The van der Waals surface area contributed by atoms with Crippen LogP contribution in [0.25, 0.3) is 0 Å². The molecular formula is C21H20N4O2. The smallest absolute Gasteiger partial charge is 0.274 e. The second kappa shape index (κ2) is 7.45. The van der Waals surface area contributed by atoms with E-state index in [1.165, 1.54) is 17.3 Å². The summed E-state index contributed by atoms with van der Waals surface area (Å²) >= 11 is 0. The highest BCUT2D eigenvalue weighted by Crippen LogP contribution is 2.21. The van der Waals surface area contributed by atoms with Crippen LogP contribution in [0.3, 0.4) is 0 Å². The number of carbonyl (C=O) groups is 1. The molecular weight excluding hydrogens is 340 g/mol. The van der Waals surface area contributed by atoms with Gasteiger partial charge in [0.2, 0.25) is 0 Å². The number of aromatic nitrogens is 2. The Morgan fingerprint density at radius 3 is 2.52 bits per heavy atom. The third kappa shape index (κ3) is 3.74. The van der Waals surface area contributed by atoms with Crippen molar-refractivity contribution < 1.29 is 9.53 Å². The van der Waals surface area contributed by atoms with Gasteiger partial charge in [0, 0.05) is 18.8 Å². The Balaban J connectivity index is 1.43. The minimum atomic E-state index is -0.0898. The summed E-state index contributed by atoms with van der Waals surface area (Å²) in [5, 5.41) is 3.16. The first-order valence-electron chi connectivity index (χ1n) is 8.82. The quantitative estimate of drug-likeness (QED) is 0.772. The van der Waals surface area contributed by atoms with Crippen molar-refractivity contribution in [2.45, 2.75) is 13.0 Å². The average Bonchev–Trinajstić information content (AvgIpc) is 2.74. The first-order valence-corrected chi connectivity index (χ1v) is 8.82. The molecule has 0 atom stereocenters. The number of hydrogen-bond acceptors (Lipinski definition) is 5. The van der Waals surface area contributed by atoms with E-state index in [4.69, 9.17) is 4.74 Å². The number of methoxy groups -OCH3 is 1. The van der Waals surface area contributed by atoms with E-state index in [0.717, 1.165) is 17.9 Å². The molecule has 2 aromatic carbocycles. The van der Waals surface area contributed by atoms with Gasteiger partial charge in [-0.1, -0.05) is 24.3 Å². The predicted octanol–water partition coefficient (Wildman–Crippen LogP) is 3.43. The summed E-state index contributed by atoms with van der Waals surface area (Å²) in [7, 11) is 1.63. The van der Waals surface area contributed by atoms with Crippen LogP contribution in [-0.4, -0.2) is 34.4 Å². The molecule has 1 N–H and O–H groups in total. The standard InChI is InChI=1S/C21H20N4O2/c1-27-18-8-6-17(7-9-18)24-20-13-22-19(12-23-20)21(26)25-11-10-15-4-2-3-5-16(15)14-25/h2-9,12-13H,10-11,14H2,1H3,(H,23,24). The fourth-order valence-corrected chi connectivity index (χ4v) is 3.16. The molecule has 0 saturated heterocycles. The summed E-state index contributed by atoms with van der Waals surface area (Å²) in [6.45, 7) is 1.31. The lowest BCUT2D eigenvalue weighted by atomic mass is 10.00. The van der Waals surface area contributed by atoms with Crippen LogP contribution in [0.2, 0.25) is 0 Å². The Hall–Kier alpha value is -3.41. The summed E-state index contributed by atoms with van der Waals surface area (Å²) in [5.41, 5.74) is 3.74. The van der Waals surface area contributed by atoms with Gasteiger partial charge in [0.15, 0.2) is 0 Å². The fourth-order valence-electron chi connectivity index (χ4n) is 3.16. The first-order chi connectivity index (χ1) is 13.2. The van der Waals surface area contributed by atoms with E-state index in [-0.39, 0.29) is 5.91 Å². The Morgan fingerprint density at radius 2 is 1.81 bits per heavy atom. The van der Waals surface area contributed by atoms with Crippen LogP contribution < -0.4 is 10.1 Å². The molecule has 0 aliphatic carbocycles.